The molecule has 174 valence electrons. The van der Waals surface area contributed by atoms with Crippen molar-refractivity contribution in [2.75, 3.05) is 10.7 Å². The second-order valence-electron chi connectivity index (χ2n) is 7.21. The molecule has 0 N–H and O–H groups in total. The lowest BCUT2D eigenvalue weighted by Gasteiger charge is -2.18. The van der Waals surface area contributed by atoms with Crippen LogP contribution in [0.15, 0.2) is 82.0 Å². The van der Waals surface area contributed by atoms with E-state index in [2.05, 4.69) is 9.73 Å². The molecule has 9 heteroatoms. The quantitative estimate of drug-likeness (QED) is 0.300. The minimum absolute atomic E-state index is 0.0337. The third-order valence-electron chi connectivity index (χ3n) is 4.99. The van der Waals surface area contributed by atoms with Crippen LogP contribution in [0.1, 0.15) is 28.6 Å². The van der Waals surface area contributed by atoms with Crippen molar-refractivity contribution in [2.45, 2.75) is 20.0 Å². The zero-order valence-electron chi connectivity index (χ0n) is 18.1. The van der Waals surface area contributed by atoms with Gasteiger partial charge in [-0.2, -0.15) is 8.78 Å². The van der Waals surface area contributed by atoms with E-state index in [1.54, 1.807) is 24.3 Å². The van der Waals surface area contributed by atoms with Crippen molar-refractivity contribution in [3.8, 4) is 5.75 Å². The molecule has 1 aromatic heterocycles. The van der Waals surface area contributed by atoms with Gasteiger partial charge in [-0.1, -0.05) is 43.0 Å². The second kappa shape index (κ2) is 10.5. The number of ketones is 1. The Bertz CT molecular complexity index is 1220. The molecular weight excluding hydrogens is 462 g/mol. The third kappa shape index (κ3) is 5.43. The normalized spacial score (nSPS) is 14.7. The van der Waals surface area contributed by atoms with Gasteiger partial charge in [0, 0.05) is 11.6 Å². The molecule has 4 rings (SSSR count). The van der Waals surface area contributed by atoms with Gasteiger partial charge in [0.1, 0.15) is 17.2 Å². The highest BCUT2D eigenvalue weighted by Crippen LogP contribution is 2.31. The van der Waals surface area contributed by atoms with Gasteiger partial charge in [-0.05, 0) is 48.4 Å². The number of aliphatic imine (C=N–C) groups is 1. The van der Waals surface area contributed by atoms with Gasteiger partial charge < -0.3 is 9.15 Å². The van der Waals surface area contributed by atoms with E-state index in [0.29, 0.717) is 22.2 Å². The van der Waals surface area contributed by atoms with Crippen LogP contribution in [0.5, 0.6) is 5.75 Å². The minimum atomic E-state index is -2.95. The number of benzene rings is 2. The number of anilines is 1. The number of carbonyl (C=O) groups is 2. The van der Waals surface area contributed by atoms with E-state index in [1.165, 1.54) is 41.5 Å². The predicted octanol–water partition coefficient (Wildman–Crippen LogP) is 5.80. The molecule has 1 aliphatic rings. The highest BCUT2D eigenvalue weighted by atomic mass is 32.2. The maximum atomic E-state index is 13.1. The van der Waals surface area contributed by atoms with Crippen LogP contribution in [0, 0.1) is 0 Å². The lowest BCUT2D eigenvalue weighted by atomic mass is 10.1. The largest absolute Gasteiger partial charge is 0.465 e. The molecule has 0 bridgehead atoms. The zero-order valence-corrected chi connectivity index (χ0v) is 18.9. The number of ether oxygens (including phenoxy) is 1. The lowest BCUT2D eigenvalue weighted by Crippen LogP contribution is -2.30. The summed E-state index contributed by atoms with van der Waals surface area (Å²) in [6.07, 6.45) is 3.86. The summed E-state index contributed by atoms with van der Waals surface area (Å²) in [5, 5.41) is 0.295. The number of carbonyl (C=O) groups excluding carboxylic acids is 2. The summed E-state index contributed by atoms with van der Waals surface area (Å²) in [6.45, 7) is -0.913. The summed E-state index contributed by atoms with van der Waals surface area (Å²) in [5.74, 6) is -0.0537. The van der Waals surface area contributed by atoms with E-state index >= 15 is 0 Å². The van der Waals surface area contributed by atoms with Gasteiger partial charge in [-0.3, -0.25) is 14.5 Å². The van der Waals surface area contributed by atoms with Gasteiger partial charge in [0.05, 0.1) is 17.7 Å². The average Bonchev–Trinajstić information content (AvgIpc) is 3.46. The number of rotatable bonds is 8. The summed E-state index contributed by atoms with van der Waals surface area (Å²) >= 11 is 1.12. The molecule has 34 heavy (non-hydrogen) atoms. The third-order valence-corrected chi connectivity index (χ3v) is 5.93. The van der Waals surface area contributed by atoms with Crippen LogP contribution in [-0.2, 0) is 11.2 Å². The Kier molecular flexibility index (Phi) is 7.22. The Morgan fingerprint density at radius 3 is 2.50 bits per heavy atom. The Morgan fingerprint density at radius 1 is 1.15 bits per heavy atom. The van der Waals surface area contributed by atoms with Crippen LogP contribution in [0.2, 0.25) is 0 Å². The maximum Gasteiger partial charge on any atom is 0.387 e. The maximum absolute atomic E-state index is 13.1. The highest BCUT2D eigenvalue weighted by molar-refractivity contribution is 8.14. The number of alkyl halides is 2. The van der Waals surface area contributed by atoms with E-state index in [9.17, 15) is 18.4 Å². The van der Waals surface area contributed by atoms with Crippen LogP contribution in [0.4, 0.5) is 14.5 Å². The van der Waals surface area contributed by atoms with Crippen LogP contribution < -0.4 is 9.64 Å². The molecule has 0 radical (unpaired) electrons. The molecule has 0 saturated heterocycles. The highest BCUT2D eigenvalue weighted by Gasteiger charge is 2.32. The monoisotopic (exact) mass is 482 g/mol. The zero-order chi connectivity index (χ0) is 24.1. The SMILES string of the molecule is CCc1ccc(C(=O)CSC2=NC(=Cc3ccco3)C(=O)N2c2ccc(OC(F)F)cc2)cc1. The Morgan fingerprint density at radius 2 is 1.88 bits per heavy atom. The van der Waals surface area contributed by atoms with E-state index in [-0.39, 0.29) is 23.0 Å². The van der Waals surface area contributed by atoms with Gasteiger partial charge in [-0.25, -0.2) is 4.99 Å². The Hall–Kier alpha value is -3.72. The minimum Gasteiger partial charge on any atom is -0.465 e. The topological polar surface area (TPSA) is 72.1 Å². The van der Waals surface area contributed by atoms with Crippen molar-refractivity contribution in [1.82, 2.24) is 0 Å². The van der Waals surface area contributed by atoms with Gasteiger partial charge >= 0.3 is 6.61 Å². The van der Waals surface area contributed by atoms with Crippen molar-refractivity contribution in [1.29, 1.82) is 0 Å². The number of nitrogens with zero attached hydrogens (tertiary/aromatic N) is 2. The van der Waals surface area contributed by atoms with Gasteiger partial charge in [0.15, 0.2) is 11.0 Å². The van der Waals surface area contributed by atoms with Gasteiger partial charge in [0.25, 0.3) is 5.91 Å². The van der Waals surface area contributed by atoms with Crippen molar-refractivity contribution < 1.29 is 27.5 Å². The first-order chi connectivity index (χ1) is 16.4. The van der Waals surface area contributed by atoms with Crippen LogP contribution >= 0.6 is 11.8 Å². The number of Topliss-reactive ketones (excluding diaryl/α,β-unsaturated/α-hetero) is 1. The Labute approximate surface area is 198 Å². The number of furan rings is 1. The molecule has 3 aromatic rings. The first-order valence-corrected chi connectivity index (χ1v) is 11.4. The fourth-order valence-electron chi connectivity index (χ4n) is 3.25. The average molecular weight is 483 g/mol. The molecule has 2 heterocycles. The summed E-state index contributed by atoms with van der Waals surface area (Å²) < 4.78 is 34.6. The molecular formula is C25H20F2N2O4S. The van der Waals surface area contributed by atoms with Crippen molar-refractivity contribution in [3.05, 3.63) is 89.5 Å². The standard InChI is InChI=1S/C25H20F2N2O4S/c1-2-16-5-7-17(8-6-16)22(30)15-34-25-28-21(14-20-4-3-13-32-20)23(31)29(25)18-9-11-19(12-10-18)33-24(26)27/h3-14,24H,2,15H2,1H3. The van der Waals surface area contributed by atoms with E-state index < -0.39 is 12.5 Å². The summed E-state index contributed by atoms with van der Waals surface area (Å²) in [6, 6.07) is 16.4. The molecule has 0 fully saturated rings. The number of thioether (sulfide) groups is 1. The second-order valence-corrected chi connectivity index (χ2v) is 8.16. The van der Waals surface area contributed by atoms with Crippen molar-refractivity contribution in [2.24, 2.45) is 4.99 Å². The van der Waals surface area contributed by atoms with Crippen LogP contribution in [-0.4, -0.2) is 29.2 Å². The first-order valence-electron chi connectivity index (χ1n) is 10.4. The van der Waals surface area contributed by atoms with Gasteiger partial charge in [-0.15, -0.1) is 0 Å². The number of amidine groups is 1. The predicted molar refractivity (Wildman–Crippen MR) is 127 cm³/mol. The number of amides is 1. The number of halogens is 2. The molecule has 0 atom stereocenters. The Balaban J connectivity index is 1.57. The number of hydrogen-bond donors (Lipinski definition) is 0. The van der Waals surface area contributed by atoms with Crippen molar-refractivity contribution >= 4 is 40.4 Å². The molecule has 0 spiro atoms. The fraction of sp³-hybridized carbons (Fsp3) is 0.160. The van der Waals surface area contributed by atoms with E-state index in [4.69, 9.17) is 4.42 Å². The molecule has 1 amide bonds. The molecule has 0 unspecified atom stereocenters. The number of hydrogen-bond acceptors (Lipinski definition) is 6. The molecule has 2 aromatic carbocycles. The summed E-state index contributed by atoms with van der Waals surface area (Å²) in [5.41, 5.74) is 2.24. The molecule has 0 aliphatic carbocycles. The summed E-state index contributed by atoms with van der Waals surface area (Å²) in [4.78, 5) is 31.6. The van der Waals surface area contributed by atoms with E-state index in [0.717, 1.165) is 23.7 Å². The summed E-state index contributed by atoms with van der Waals surface area (Å²) in [7, 11) is 0. The van der Waals surface area contributed by atoms with Crippen molar-refractivity contribution in [3.63, 3.8) is 0 Å². The molecule has 1 aliphatic heterocycles. The number of aryl methyl sites for hydroxylation is 1. The smallest absolute Gasteiger partial charge is 0.387 e. The fourth-order valence-corrected chi connectivity index (χ4v) is 4.15. The van der Waals surface area contributed by atoms with Gasteiger partial charge in [0.2, 0.25) is 0 Å². The van der Waals surface area contributed by atoms with Crippen LogP contribution in [0.3, 0.4) is 0 Å². The molecule has 6 nitrogen and oxygen atoms in total. The van der Waals surface area contributed by atoms with E-state index in [1.807, 2.05) is 19.1 Å². The van der Waals surface area contributed by atoms with Crippen LogP contribution in [0.25, 0.3) is 6.08 Å². The molecule has 0 saturated carbocycles. The lowest BCUT2D eigenvalue weighted by molar-refractivity contribution is -0.113. The first kappa shape index (κ1) is 23.4.